The molecule has 0 unspecified atom stereocenters. The zero-order valence-electron chi connectivity index (χ0n) is 13.6. The van der Waals surface area contributed by atoms with Gasteiger partial charge in [-0.3, -0.25) is 0 Å². The van der Waals surface area contributed by atoms with Gasteiger partial charge in [-0.2, -0.15) is 0 Å². The van der Waals surface area contributed by atoms with Crippen LogP contribution < -0.4 is 4.74 Å². The number of phenols is 1. The summed E-state index contributed by atoms with van der Waals surface area (Å²) in [5, 5.41) is 9.29. The zero-order chi connectivity index (χ0) is 17.9. The van der Waals surface area contributed by atoms with Gasteiger partial charge in [0.2, 0.25) is 5.89 Å². The Hall–Kier alpha value is -3.60. The summed E-state index contributed by atoms with van der Waals surface area (Å²) in [4.78, 5) is 4.36. The van der Waals surface area contributed by atoms with Crippen molar-refractivity contribution >= 4 is 0 Å². The van der Waals surface area contributed by atoms with Gasteiger partial charge >= 0.3 is 0 Å². The lowest BCUT2D eigenvalue weighted by atomic mass is 10.1. The second-order valence-electron chi connectivity index (χ2n) is 5.64. The fraction of sp³-hybridized carbons (Fsp3) is 0. The predicted octanol–water partition coefficient (Wildman–Crippen LogP) is 5.65. The van der Waals surface area contributed by atoms with Gasteiger partial charge in [0.25, 0.3) is 0 Å². The van der Waals surface area contributed by atoms with Crippen molar-refractivity contribution in [3.05, 3.63) is 84.9 Å². The molecule has 3 aromatic carbocycles. The van der Waals surface area contributed by atoms with Crippen LogP contribution in [0.5, 0.6) is 17.2 Å². The summed E-state index contributed by atoms with van der Waals surface area (Å²) in [7, 11) is 0. The van der Waals surface area contributed by atoms with Crippen LogP contribution in [0.1, 0.15) is 0 Å². The van der Waals surface area contributed by atoms with Crippen LogP contribution in [0.4, 0.5) is 4.39 Å². The molecule has 0 aliphatic heterocycles. The van der Waals surface area contributed by atoms with Crippen molar-refractivity contribution in [3.8, 4) is 40.0 Å². The number of halogens is 1. The van der Waals surface area contributed by atoms with E-state index in [0.29, 0.717) is 28.6 Å². The highest BCUT2D eigenvalue weighted by Gasteiger charge is 2.11. The molecule has 0 saturated carbocycles. The molecule has 1 N–H and O–H groups in total. The van der Waals surface area contributed by atoms with Crippen LogP contribution in [0, 0.1) is 5.82 Å². The van der Waals surface area contributed by atoms with Gasteiger partial charge in [-0.05, 0) is 60.7 Å². The maximum atomic E-state index is 13.9. The van der Waals surface area contributed by atoms with Crippen molar-refractivity contribution in [2.45, 2.75) is 0 Å². The minimum atomic E-state index is -0.343. The molecule has 4 nitrogen and oxygen atoms in total. The van der Waals surface area contributed by atoms with Gasteiger partial charge in [0.15, 0.2) is 0 Å². The summed E-state index contributed by atoms with van der Waals surface area (Å²) >= 11 is 0. The average molecular weight is 347 g/mol. The lowest BCUT2D eigenvalue weighted by molar-refractivity contribution is 0.464. The normalized spacial score (nSPS) is 10.7. The van der Waals surface area contributed by atoms with Crippen LogP contribution in [0.3, 0.4) is 0 Å². The molecule has 0 saturated heterocycles. The Kier molecular flexibility index (Phi) is 4.11. The molecule has 0 fully saturated rings. The molecule has 1 aromatic heterocycles. The van der Waals surface area contributed by atoms with Gasteiger partial charge in [0.1, 0.15) is 35.0 Å². The van der Waals surface area contributed by atoms with Gasteiger partial charge in [0.05, 0.1) is 0 Å². The first-order valence-electron chi connectivity index (χ1n) is 7.97. The standard InChI is InChI=1S/C21H14FNO3/c22-19-4-2-1-3-18(19)20-13-25-21(23-20)14-5-9-16(10-6-14)26-17-11-7-15(24)8-12-17/h1-13,24H. The summed E-state index contributed by atoms with van der Waals surface area (Å²) in [6, 6.07) is 20.1. The van der Waals surface area contributed by atoms with Crippen molar-refractivity contribution in [1.29, 1.82) is 0 Å². The Labute approximate surface area is 149 Å². The molecule has 26 heavy (non-hydrogen) atoms. The fourth-order valence-electron chi connectivity index (χ4n) is 2.51. The summed E-state index contributed by atoms with van der Waals surface area (Å²) in [6.07, 6.45) is 1.44. The topological polar surface area (TPSA) is 55.5 Å². The SMILES string of the molecule is Oc1ccc(Oc2ccc(-c3nc(-c4ccccc4F)co3)cc2)cc1. The number of ether oxygens (including phenoxy) is 1. The van der Waals surface area contributed by atoms with E-state index in [0.717, 1.165) is 5.56 Å². The molecule has 0 spiro atoms. The number of benzene rings is 3. The zero-order valence-corrected chi connectivity index (χ0v) is 13.6. The first-order chi connectivity index (χ1) is 12.7. The first kappa shape index (κ1) is 15.9. The number of aromatic hydroxyl groups is 1. The second-order valence-corrected chi connectivity index (χ2v) is 5.64. The Balaban J connectivity index is 1.54. The minimum Gasteiger partial charge on any atom is -0.508 e. The molecule has 128 valence electrons. The van der Waals surface area contributed by atoms with Gasteiger partial charge in [-0.25, -0.2) is 9.37 Å². The van der Waals surface area contributed by atoms with Gasteiger partial charge < -0.3 is 14.3 Å². The smallest absolute Gasteiger partial charge is 0.226 e. The van der Waals surface area contributed by atoms with Crippen molar-refractivity contribution in [1.82, 2.24) is 4.98 Å². The Morgan fingerprint density at radius 3 is 2.19 bits per heavy atom. The number of phenolic OH excluding ortho intramolecular Hbond substituents is 1. The van der Waals surface area contributed by atoms with Gasteiger partial charge in [0, 0.05) is 11.1 Å². The number of aromatic nitrogens is 1. The first-order valence-corrected chi connectivity index (χ1v) is 7.97. The summed E-state index contributed by atoms with van der Waals surface area (Å²) < 4.78 is 25.0. The summed E-state index contributed by atoms with van der Waals surface area (Å²) in [5.74, 6) is 1.50. The minimum absolute atomic E-state index is 0.183. The van der Waals surface area contributed by atoms with E-state index >= 15 is 0 Å². The quantitative estimate of drug-likeness (QED) is 0.518. The van der Waals surface area contributed by atoms with Crippen LogP contribution in [0.25, 0.3) is 22.7 Å². The number of hydrogen-bond acceptors (Lipinski definition) is 4. The monoisotopic (exact) mass is 347 g/mol. The van der Waals surface area contributed by atoms with Crippen LogP contribution in [0.2, 0.25) is 0 Å². The third-order valence-electron chi connectivity index (χ3n) is 3.83. The van der Waals surface area contributed by atoms with Gasteiger partial charge in [-0.1, -0.05) is 12.1 Å². The maximum absolute atomic E-state index is 13.9. The molecule has 0 aliphatic carbocycles. The summed E-state index contributed by atoms with van der Waals surface area (Å²) in [6.45, 7) is 0. The number of oxazole rings is 1. The molecule has 0 aliphatic rings. The molecule has 0 atom stereocenters. The third kappa shape index (κ3) is 3.28. The van der Waals surface area contributed by atoms with Crippen molar-refractivity contribution < 1.29 is 18.7 Å². The van der Waals surface area contributed by atoms with Crippen LogP contribution in [-0.2, 0) is 0 Å². The Bertz CT molecular complexity index is 1020. The van der Waals surface area contributed by atoms with E-state index in [2.05, 4.69) is 4.98 Å². The van der Waals surface area contributed by atoms with Gasteiger partial charge in [-0.15, -0.1) is 0 Å². The number of nitrogens with zero attached hydrogens (tertiary/aromatic N) is 1. The van der Waals surface area contributed by atoms with E-state index in [1.807, 2.05) is 12.1 Å². The molecular formula is C21H14FNO3. The Morgan fingerprint density at radius 2 is 1.50 bits per heavy atom. The van der Waals surface area contributed by atoms with Crippen molar-refractivity contribution in [2.75, 3.05) is 0 Å². The molecule has 0 amide bonds. The Morgan fingerprint density at radius 1 is 0.846 bits per heavy atom. The molecule has 1 heterocycles. The van der Waals surface area contributed by atoms with E-state index < -0.39 is 0 Å². The molecule has 0 radical (unpaired) electrons. The lowest BCUT2D eigenvalue weighted by Crippen LogP contribution is -1.85. The van der Waals surface area contributed by atoms with E-state index in [4.69, 9.17) is 9.15 Å². The molecule has 5 heteroatoms. The molecule has 4 rings (SSSR count). The van der Waals surface area contributed by atoms with E-state index in [9.17, 15) is 9.50 Å². The third-order valence-corrected chi connectivity index (χ3v) is 3.83. The highest BCUT2D eigenvalue weighted by Crippen LogP contribution is 2.29. The molecular weight excluding hydrogens is 333 g/mol. The second kappa shape index (κ2) is 6.72. The number of hydrogen-bond donors (Lipinski definition) is 1. The summed E-state index contributed by atoms with van der Waals surface area (Å²) in [5.41, 5.74) is 1.60. The molecule has 0 bridgehead atoms. The number of rotatable bonds is 4. The van der Waals surface area contributed by atoms with E-state index in [1.54, 1.807) is 54.6 Å². The van der Waals surface area contributed by atoms with Crippen LogP contribution >= 0.6 is 0 Å². The lowest BCUT2D eigenvalue weighted by Gasteiger charge is -2.06. The highest BCUT2D eigenvalue weighted by atomic mass is 19.1. The van der Waals surface area contributed by atoms with Crippen molar-refractivity contribution in [3.63, 3.8) is 0 Å². The van der Waals surface area contributed by atoms with Crippen LogP contribution in [-0.4, -0.2) is 10.1 Å². The fourth-order valence-corrected chi connectivity index (χ4v) is 2.51. The predicted molar refractivity (Wildman–Crippen MR) is 95.5 cm³/mol. The largest absolute Gasteiger partial charge is 0.508 e. The van der Waals surface area contributed by atoms with Crippen molar-refractivity contribution in [2.24, 2.45) is 0 Å². The van der Waals surface area contributed by atoms with E-state index in [1.165, 1.54) is 12.3 Å². The maximum Gasteiger partial charge on any atom is 0.226 e. The van der Waals surface area contributed by atoms with E-state index in [-0.39, 0.29) is 11.6 Å². The van der Waals surface area contributed by atoms with Crippen LogP contribution in [0.15, 0.2) is 83.5 Å². The molecule has 4 aromatic rings. The highest BCUT2D eigenvalue weighted by molar-refractivity contribution is 5.63. The average Bonchev–Trinajstić information content (AvgIpc) is 3.14.